The summed E-state index contributed by atoms with van der Waals surface area (Å²) in [5, 5.41) is -0.501. The Bertz CT molecular complexity index is 216. The zero-order valence-corrected chi connectivity index (χ0v) is 8.22. The second-order valence-corrected chi connectivity index (χ2v) is 3.05. The lowest BCUT2D eigenvalue weighted by Gasteiger charge is -2.31. The van der Waals surface area contributed by atoms with E-state index in [1.165, 1.54) is 9.80 Å². The first kappa shape index (κ1) is 10.4. The third-order valence-corrected chi connectivity index (χ3v) is 2.22. The SMILES string of the molecule is O=C(Cl)N1CCN(C(=O)OCl)CC1. The molecule has 0 unspecified atom stereocenters. The number of piperazine rings is 1. The molecule has 0 spiro atoms. The normalized spacial score (nSPS) is 17.1. The lowest BCUT2D eigenvalue weighted by molar-refractivity contribution is 0.125. The van der Waals surface area contributed by atoms with Gasteiger partial charge in [-0.15, -0.1) is 0 Å². The van der Waals surface area contributed by atoms with Gasteiger partial charge >= 0.3 is 11.5 Å². The fraction of sp³-hybridized carbons (Fsp3) is 0.667. The average Bonchev–Trinajstić information content (AvgIpc) is 2.17. The lowest BCUT2D eigenvalue weighted by atomic mass is 10.3. The zero-order chi connectivity index (χ0) is 9.84. The molecular weight excluding hydrogens is 219 g/mol. The molecule has 13 heavy (non-hydrogen) atoms. The highest BCUT2D eigenvalue weighted by Gasteiger charge is 2.23. The van der Waals surface area contributed by atoms with Gasteiger partial charge in [0.05, 0.1) is 0 Å². The number of rotatable bonds is 0. The Labute approximate surface area is 85.3 Å². The van der Waals surface area contributed by atoms with E-state index in [-0.39, 0.29) is 0 Å². The summed E-state index contributed by atoms with van der Waals surface area (Å²) in [6.45, 7) is 1.61. The van der Waals surface area contributed by atoms with Gasteiger partial charge in [-0.3, -0.25) is 4.79 Å². The molecule has 1 aliphatic rings. The van der Waals surface area contributed by atoms with E-state index in [4.69, 9.17) is 23.5 Å². The smallest absolute Gasteiger partial charge is 0.330 e. The number of halogens is 2. The molecule has 0 aliphatic carbocycles. The van der Waals surface area contributed by atoms with E-state index in [1.807, 2.05) is 0 Å². The Morgan fingerprint density at radius 1 is 1.08 bits per heavy atom. The second kappa shape index (κ2) is 4.53. The van der Waals surface area contributed by atoms with E-state index >= 15 is 0 Å². The van der Waals surface area contributed by atoms with Crippen LogP contribution in [0.5, 0.6) is 0 Å². The van der Waals surface area contributed by atoms with Gasteiger partial charge in [0.1, 0.15) is 11.9 Å². The molecule has 0 radical (unpaired) electrons. The van der Waals surface area contributed by atoms with Gasteiger partial charge in [0.2, 0.25) is 0 Å². The van der Waals surface area contributed by atoms with Crippen molar-refractivity contribution in [3.8, 4) is 0 Å². The Hall–Kier alpha value is -0.680. The first-order valence-electron chi connectivity index (χ1n) is 3.67. The standard InChI is InChI=1S/C6H8Cl2N2O3/c7-5(11)9-1-3-10(4-2-9)6(12)13-8/h1-4H2. The highest BCUT2D eigenvalue weighted by atomic mass is 35.5. The Morgan fingerprint density at radius 3 is 1.92 bits per heavy atom. The molecular formula is C6H8Cl2N2O3. The van der Waals surface area contributed by atoms with Crippen molar-refractivity contribution in [2.45, 2.75) is 0 Å². The van der Waals surface area contributed by atoms with E-state index in [0.29, 0.717) is 26.2 Å². The molecule has 1 aliphatic heterocycles. The van der Waals surface area contributed by atoms with Crippen LogP contribution in [0.15, 0.2) is 0 Å². The van der Waals surface area contributed by atoms with Crippen LogP contribution in [0.1, 0.15) is 0 Å². The number of carbonyl (C=O) groups is 2. The Balaban J connectivity index is 2.39. The average molecular weight is 227 g/mol. The van der Waals surface area contributed by atoms with Gasteiger partial charge in [-0.1, -0.05) is 0 Å². The number of nitrogens with zero attached hydrogens (tertiary/aromatic N) is 2. The second-order valence-electron chi connectivity index (χ2n) is 2.57. The minimum absolute atomic E-state index is 0.393. The van der Waals surface area contributed by atoms with Gasteiger partial charge in [0, 0.05) is 26.2 Å². The van der Waals surface area contributed by atoms with Crippen LogP contribution in [0.25, 0.3) is 0 Å². The van der Waals surface area contributed by atoms with Crippen molar-refractivity contribution in [1.82, 2.24) is 9.80 Å². The summed E-state index contributed by atoms with van der Waals surface area (Å²) in [6.07, 6.45) is -0.594. The van der Waals surface area contributed by atoms with Gasteiger partial charge in [-0.05, 0) is 11.6 Å². The van der Waals surface area contributed by atoms with Crippen molar-refractivity contribution < 1.29 is 13.9 Å². The molecule has 0 aromatic carbocycles. The molecule has 7 heteroatoms. The van der Waals surface area contributed by atoms with Gasteiger partial charge in [-0.2, -0.15) is 0 Å². The van der Waals surface area contributed by atoms with Crippen molar-refractivity contribution in [2.24, 2.45) is 0 Å². The number of hydrogen-bond donors (Lipinski definition) is 0. The predicted molar refractivity (Wildman–Crippen MR) is 46.7 cm³/mol. The zero-order valence-electron chi connectivity index (χ0n) is 6.70. The fourth-order valence-corrected chi connectivity index (χ4v) is 1.38. The first-order valence-corrected chi connectivity index (χ1v) is 4.35. The topological polar surface area (TPSA) is 49.9 Å². The summed E-state index contributed by atoms with van der Waals surface area (Å²) in [5.41, 5.74) is 0. The van der Waals surface area contributed by atoms with Crippen molar-refractivity contribution in [3.63, 3.8) is 0 Å². The largest absolute Gasteiger partial charge is 0.428 e. The highest BCUT2D eigenvalue weighted by Crippen LogP contribution is 2.06. The molecule has 0 aromatic rings. The molecule has 0 bridgehead atoms. The first-order chi connectivity index (χ1) is 6.15. The predicted octanol–water partition coefficient (Wildman–Crippen LogP) is 1.25. The van der Waals surface area contributed by atoms with Gasteiger partial charge in [0.15, 0.2) is 0 Å². The molecule has 2 amide bonds. The van der Waals surface area contributed by atoms with Crippen molar-refractivity contribution in [1.29, 1.82) is 0 Å². The van der Waals surface area contributed by atoms with Gasteiger partial charge < -0.3 is 14.1 Å². The summed E-state index contributed by atoms with van der Waals surface area (Å²) in [7, 11) is 0. The Kier molecular flexibility index (Phi) is 3.62. The van der Waals surface area contributed by atoms with Crippen LogP contribution in [0, 0.1) is 0 Å². The van der Waals surface area contributed by atoms with Crippen LogP contribution in [0.3, 0.4) is 0 Å². The van der Waals surface area contributed by atoms with Gasteiger partial charge in [-0.25, -0.2) is 4.79 Å². The van der Waals surface area contributed by atoms with Crippen LogP contribution in [-0.2, 0) is 4.29 Å². The van der Waals surface area contributed by atoms with E-state index in [0.717, 1.165) is 0 Å². The molecule has 1 heterocycles. The van der Waals surface area contributed by atoms with Crippen LogP contribution >= 0.6 is 23.5 Å². The summed E-state index contributed by atoms with van der Waals surface area (Å²) < 4.78 is 4.01. The molecule has 1 saturated heterocycles. The van der Waals surface area contributed by atoms with Crippen LogP contribution < -0.4 is 0 Å². The molecule has 0 N–H and O–H groups in total. The van der Waals surface area contributed by atoms with Gasteiger partial charge in [0.25, 0.3) is 0 Å². The molecule has 1 fully saturated rings. The lowest BCUT2D eigenvalue weighted by Crippen LogP contribution is -2.49. The highest BCUT2D eigenvalue weighted by molar-refractivity contribution is 6.62. The van der Waals surface area contributed by atoms with Crippen LogP contribution in [0.4, 0.5) is 9.59 Å². The number of hydrogen-bond acceptors (Lipinski definition) is 3. The van der Waals surface area contributed by atoms with E-state index < -0.39 is 11.5 Å². The quantitative estimate of drug-likeness (QED) is 0.462. The number of amides is 2. The molecule has 0 aromatic heterocycles. The minimum atomic E-state index is -0.594. The number of carbonyl (C=O) groups excluding carboxylic acids is 2. The van der Waals surface area contributed by atoms with E-state index in [9.17, 15) is 9.59 Å². The van der Waals surface area contributed by atoms with Crippen LogP contribution in [-0.4, -0.2) is 47.4 Å². The van der Waals surface area contributed by atoms with Crippen molar-refractivity contribution >= 4 is 34.9 Å². The molecule has 1 rings (SSSR count). The molecule has 5 nitrogen and oxygen atoms in total. The maximum absolute atomic E-state index is 10.9. The maximum atomic E-state index is 10.9. The van der Waals surface area contributed by atoms with E-state index in [2.05, 4.69) is 4.29 Å². The maximum Gasteiger partial charge on any atom is 0.428 e. The van der Waals surface area contributed by atoms with Crippen molar-refractivity contribution in [2.75, 3.05) is 26.2 Å². The minimum Gasteiger partial charge on any atom is -0.330 e. The summed E-state index contributed by atoms with van der Waals surface area (Å²) in [6, 6.07) is 0. The third-order valence-electron chi connectivity index (χ3n) is 1.85. The summed E-state index contributed by atoms with van der Waals surface area (Å²) >= 11 is 10.1. The molecule has 0 atom stereocenters. The molecule has 74 valence electrons. The fourth-order valence-electron chi connectivity index (χ4n) is 1.11. The van der Waals surface area contributed by atoms with E-state index in [1.54, 1.807) is 0 Å². The molecule has 0 saturated carbocycles. The van der Waals surface area contributed by atoms with Crippen LogP contribution in [0.2, 0.25) is 0 Å². The summed E-state index contributed by atoms with van der Waals surface area (Å²) in [5.74, 6) is 0. The third kappa shape index (κ3) is 2.63. The van der Waals surface area contributed by atoms with Crippen molar-refractivity contribution in [3.05, 3.63) is 0 Å². The summed E-state index contributed by atoms with van der Waals surface area (Å²) in [4.78, 5) is 24.4. The Morgan fingerprint density at radius 2 is 1.54 bits per heavy atom. The monoisotopic (exact) mass is 226 g/mol.